The third-order valence-electron chi connectivity index (χ3n) is 5.06. The maximum Gasteiger partial charge on any atom is 0.240 e. The summed E-state index contributed by atoms with van der Waals surface area (Å²) in [5.74, 6) is -3.08. The molecule has 32 heavy (non-hydrogen) atoms. The van der Waals surface area contributed by atoms with Crippen LogP contribution in [-0.4, -0.2) is 0 Å². The Morgan fingerprint density at radius 2 is 1.16 bits per heavy atom. The highest BCUT2D eigenvalue weighted by molar-refractivity contribution is 8.71. The van der Waals surface area contributed by atoms with Gasteiger partial charge < -0.3 is 4.72 Å². The molecule has 0 unspecified atom stereocenters. The van der Waals surface area contributed by atoms with Gasteiger partial charge in [0.05, 0.1) is 4.90 Å². The normalized spacial score (nSPS) is 15.4. The first-order valence-corrected chi connectivity index (χ1v) is 14.0. The molecule has 1 aliphatic heterocycles. The van der Waals surface area contributed by atoms with Crippen molar-refractivity contribution in [3.63, 3.8) is 0 Å². The minimum Gasteiger partial charge on any atom is -0.306 e. The van der Waals surface area contributed by atoms with E-state index in [1.54, 1.807) is 0 Å². The molecule has 0 amide bonds. The Labute approximate surface area is 190 Å². The highest BCUT2D eigenvalue weighted by atomic mass is 33.1. The summed E-state index contributed by atoms with van der Waals surface area (Å²) in [6, 6.07) is 30.4. The van der Waals surface area contributed by atoms with Crippen LogP contribution in [0.4, 0.5) is 18.9 Å². The van der Waals surface area contributed by atoms with Gasteiger partial charge in [0, 0.05) is 6.07 Å². The van der Waals surface area contributed by atoms with Crippen LogP contribution < -0.4 is 20.6 Å². The standard InChI is InChI=1S/C24H17F3N2PS2/c25-20-16-21(26)24-23(22(20)27)28-32(31-24)29-30(17-10-4-1-5-11-17,18-12-6-2-7-13-18)19-14-8-3-9-15-19/h1-16H,(H,28,29)/q+1/t32-/m1/s1. The number of anilines is 1. The van der Waals surface area contributed by atoms with Gasteiger partial charge in [-0.2, -0.15) is 0 Å². The van der Waals surface area contributed by atoms with Crippen LogP contribution in [0.25, 0.3) is 0 Å². The van der Waals surface area contributed by atoms with Crippen LogP contribution in [-0.2, 0) is 9.91 Å². The number of fused-ring (bicyclic) bond motifs is 1. The summed E-state index contributed by atoms with van der Waals surface area (Å²) >= 11 is 0. The van der Waals surface area contributed by atoms with E-state index in [9.17, 15) is 13.2 Å². The van der Waals surface area contributed by atoms with Crippen LogP contribution in [0.15, 0.2) is 106 Å². The summed E-state index contributed by atoms with van der Waals surface area (Å²) in [5.41, 5.74) is -0.160. The lowest BCUT2D eigenvalue weighted by Crippen LogP contribution is -2.30. The molecular weight excluding hydrogens is 468 g/mol. The SMILES string of the molecule is Fc1cc(F)c2c(c1F)N/[S@](=N\[P+](c1ccccc1)(c1ccccc1)c1ccccc1)S2. The minimum atomic E-state index is -2.56. The Morgan fingerprint density at radius 1 is 0.688 bits per heavy atom. The number of hydrogen-bond acceptors (Lipinski definition) is 2. The Hall–Kier alpha value is -2.60. The van der Waals surface area contributed by atoms with Crippen molar-refractivity contribution in [3.05, 3.63) is 115 Å². The van der Waals surface area contributed by atoms with Gasteiger partial charge in [0.1, 0.15) is 37.3 Å². The zero-order valence-corrected chi connectivity index (χ0v) is 19.1. The van der Waals surface area contributed by atoms with Crippen molar-refractivity contribution in [2.75, 3.05) is 4.72 Å². The summed E-state index contributed by atoms with van der Waals surface area (Å²) < 4.78 is 50.9. The topological polar surface area (TPSA) is 24.4 Å². The first kappa shape index (κ1) is 21.3. The lowest BCUT2D eigenvalue weighted by molar-refractivity contribution is 0.491. The van der Waals surface area contributed by atoms with Crippen LogP contribution in [0.2, 0.25) is 0 Å². The lowest BCUT2D eigenvalue weighted by Gasteiger charge is -2.22. The van der Waals surface area contributed by atoms with Gasteiger partial charge in [-0.15, -0.1) is 0 Å². The summed E-state index contributed by atoms with van der Waals surface area (Å²) in [5, 5.41) is 3.07. The van der Waals surface area contributed by atoms with Crippen molar-refractivity contribution in [2.24, 2.45) is 4.13 Å². The molecule has 0 saturated carbocycles. The van der Waals surface area contributed by atoms with Gasteiger partial charge in [0.15, 0.2) is 11.6 Å². The first-order chi connectivity index (χ1) is 15.6. The first-order valence-electron chi connectivity index (χ1n) is 9.75. The molecule has 1 heterocycles. The van der Waals surface area contributed by atoms with Gasteiger partial charge in [-0.05, 0) is 47.2 Å². The second-order valence-corrected chi connectivity index (χ2v) is 13.2. The van der Waals surface area contributed by atoms with E-state index in [-0.39, 0.29) is 10.6 Å². The molecule has 0 spiro atoms. The second-order valence-electron chi connectivity index (χ2n) is 7.02. The third kappa shape index (κ3) is 3.64. The number of rotatable bonds is 4. The number of nitrogens with zero attached hydrogens (tertiary/aromatic N) is 1. The van der Waals surface area contributed by atoms with Crippen LogP contribution in [0.1, 0.15) is 0 Å². The van der Waals surface area contributed by atoms with E-state index in [0.29, 0.717) is 6.07 Å². The number of hydrogen-bond donors (Lipinski definition) is 1. The monoisotopic (exact) mass is 485 g/mol. The second kappa shape index (κ2) is 8.74. The Bertz CT molecular complexity index is 1210. The molecule has 1 N–H and O–H groups in total. The third-order valence-corrected chi connectivity index (χ3v) is 12.7. The van der Waals surface area contributed by atoms with Gasteiger partial charge in [0.25, 0.3) is 0 Å². The molecular formula is C24H17F3N2PS2+. The summed E-state index contributed by atoms with van der Waals surface area (Å²) in [6.07, 6.45) is 0. The van der Waals surface area contributed by atoms with Crippen LogP contribution in [0.5, 0.6) is 0 Å². The van der Waals surface area contributed by atoms with Gasteiger partial charge in [-0.25, -0.2) is 13.2 Å². The zero-order chi connectivity index (χ0) is 22.1. The van der Waals surface area contributed by atoms with Gasteiger partial charge in [-0.1, -0.05) is 58.7 Å². The zero-order valence-electron chi connectivity index (χ0n) is 16.6. The molecule has 5 rings (SSSR count). The Morgan fingerprint density at radius 3 is 1.62 bits per heavy atom. The van der Waals surface area contributed by atoms with E-state index in [0.717, 1.165) is 26.7 Å². The number of nitrogens with one attached hydrogen (secondary N) is 1. The van der Waals surface area contributed by atoms with Gasteiger partial charge in [-0.3, -0.25) is 0 Å². The Kier molecular flexibility index (Phi) is 5.80. The molecule has 1 atom stereocenters. The van der Waals surface area contributed by atoms with Crippen molar-refractivity contribution in [1.29, 1.82) is 0 Å². The number of halogens is 3. The van der Waals surface area contributed by atoms with Crippen molar-refractivity contribution < 1.29 is 13.2 Å². The molecule has 8 heteroatoms. The average molecular weight is 486 g/mol. The van der Waals surface area contributed by atoms with Crippen molar-refractivity contribution in [3.8, 4) is 0 Å². The maximum absolute atomic E-state index is 14.4. The molecule has 0 radical (unpaired) electrons. The van der Waals surface area contributed by atoms with Crippen molar-refractivity contribution in [2.45, 2.75) is 4.90 Å². The van der Waals surface area contributed by atoms with E-state index in [1.807, 2.05) is 91.0 Å². The fourth-order valence-corrected chi connectivity index (χ4v) is 12.2. The molecule has 160 valence electrons. The molecule has 0 aromatic heterocycles. The van der Waals surface area contributed by atoms with E-state index in [4.69, 9.17) is 4.13 Å². The van der Waals surface area contributed by atoms with Crippen LogP contribution in [0, 0.1) is 17.5 Å². The van der Waals surface area contributed by atoms with Crippen molar-refractivity contribution in [1.82, 2.24) is 0 Å². The van der Waals surface area contributed by atoms with Gasteiger partial charge in [0.2, 0.25) is 7.41 Å². The molecule has 4 aromatic rings. The summed E-state index contributed by atoms with van der Waals surface area (Å²) in [4.78, 5) is 0.0586. The van der Waals surface area contributed by atoms with E-state index in [2.05, 4.69) is 4.72 Å². The average Bonchev–Trinajstić information content (AvgIpc) is 3.27. The fourth-order valence-electron chi connectivity index (χ4n) is 3.61. The van der Waals surface area contributed by atoms with Crippen molar-refractivity contribution >= 4 is 49.7 Å². The molecule has 0 bridgehead atoms. The molecule has 0 aliphatic carbocycles. The molecule has 1 aliphatic rings. The lowest BCUT2D eigenvalue weighted by atomic mass is 10.3. The largest absolute Gasteiger partial charge is 0.306 e. The predicted octanol–water partition coefficient (Wildman–Crippen LogP) is 6.16. The smallest absolute Gasteiger partial charge is 0.240 e. The molecule has 4 aromatic carbocycles. The molecule has 2 nitrogen and oxygen atoms in total. The maximum atomic E-state index is 14.4. The van der Waals surface area contributed by atoms with Gasteiger partial charge >= 0.3 is 0 Å². The van der Waals surface area contributed by atoms with Crippen LogP contribution in [0.3, 0.4) is 0 Å². The minimum absolute atomic E-state index is 0.0586. The fraction of sp³-hybridized carbons (Fsp3) is 0. The molecule has 0 fully saturated rings. The predicted molar refractivity (Wildman–Crippen MR) is 131 cm³/mol. The molecule has 0 saturated heterocycles. The van der Waals surface area contributed by atoms with E-state index < -0.39 is 34.8 Å². The number of benzene rings is 4. The summed E-state index contributed by atoms with van der Waals surface area (Å²) in [6.45, 7) is 0. The van der Waals surface area contributed by atoms with E-state index >= 15 is 0 Å². The summed E-state index contributed by atoms with van der Waals surface area (Å²) in [7, 11) is -2.49. The highest BCUT2D eigenvalue weighted by Crippen LogP contribution is 2.59. The Balaban J connectivity index is 1.76. The van der Waals surface area contributed by atoms with Crippen LogP contribution >= 0.6 is 18.2 Å². The highest BCUT2D eigenvalue weighted by Gasteiger charge is 2.48. The van der Waals surface area contributed by atoms with E-state index in [1.165, 1.54) is 0 Å². The quantitative estimate of drug-likeness (QED) is 0.213.